The van der Waals surface area contributed by atoms with E-state index in [1.165, 1.54) is 12.7 Å². The molecule has 1 aromatic rings. The molecule has 1 spiro atoms. The van der Waals surface area contributed by atoms with Crippen LogP contribution in [0.25, 0.3) is 0 Å². The standard InChI is InChI=1S/C21H22N2O3/c1-12-9-13(24)11-23-8-7-21-16-5-3-4-6-17(16)22-18(21)15(20(25)26-2)10-14(12)19(21)23/h3-6,9,14,19,22H,7-8,10-11H2,1-2H3/t14-,19-,21-/m0/s1. The van der Waals surface area contributed by atoms with E-state index in [0.717, 1.165) is 35.5 Å². The van der Waals surface area contributed by atoms with Crippen LogP contribution in [0.2, 0.25) is 0 Å². The highest BCUT2D eigenvalue weighted by atomic mass is 16.5. The molecule has 1 aliphatic carbocycles. The van der Waals surface area contributed by atoms with E-state index in [9.17, 15) is 9.59 Å². The molecule has 26 heavy (non-hydrogen) atoms. The van der Waals surface area contributed by atoms with Gasteiger partial charge in [-0.1, -0.05) is 23.8 Å². The summed E-state index contributed by atoms with van der Waals surface area (Å²) in [5.74, 6) is 0.0454. The van der Waals surface area contributed by atoms with Gasteiger partial charge in [0.25, 0.3) is 0 Å². The minimum atomic E-state index is -0.264. The lowest BCUT2D eigenvalue weighted by Crippen LogP contribution is -2.51. The fourth-order valence-electron chi connectivity index (χ4n) is 5.73. The molecule has 5 rings (SSSR count). The highest BCUT2D eigenvalue weighted by Gasteiger charge is 2.61. The van der Waals surface area contributed by atoms with Crippen molar-refractivity contribution in [3.63, 3.8) is 0 Å². The second kappa shape index (κ2) is 5.30. The maximum absolute atomic E-state index is 12.6. The zero-order chi connectivity index (χ0) is 18.1. The Hall–Kier alpha value is -2.40. The molecule has 134 valence electrons. The van der Waals surface area contributed by atoms with E-state index in [1.54, 1.807) is 6.08 Å². The number of esters is 1. The van der Waals surface area contributed by atoms with Gasteiger partial charge in [0.2, 0.25) is 0 Å². The fraction of sp³-hybridized carbons (Fsp3) is 0.429. The van der Waals surface area contributed by atoms with Crippen molar-refractivity contribution in [2.75, 3.05) is 25.5 Å². The first kappa shape index (κ1) is 15.8. The Morgan fingerprint density at radius 3 is 2.96 bits per heavy atom. The number of carbonyl (C=O) groups excluding carboxylic acids is 2. The topological polar surface area (TPSA) is 58.6 Å². The van der Waals surface area contributed by atoms with E-state index in [4.69, 9.17) is 4.74 Å². The summed E-state index contributed by atoms with van der Waals surface area (Å²) in [5, 5.41) is 3.55. The number of para-hydroxylation sites is 1. The van der Waals surface area contributed by atoms with Crippen LogP contribution in [-0.2, 0) is 19.7 Å². The summed E-state index contributed by atoms with van der Waals surface area (Å²) in [6, 6.07) is 8.52. The summed E-state index contributed by atoms with van der Waals surface area (Å²) in [6.45, 7) is 3.36. The third-order valence-electron chi connectivity index (χ3n) is 6.68. The van der Waals surface area contributed by atoms with Gasteiger partial charge in [-0.25, -0.2) is 4.79 Å². The number of nitrogens with one attached hydrogen (secondary N) is 1. The molecular formula is C21H22N2O3. The van der Waals surface area contributed by atoms with Gasteiger partial charge in [-0.3, -0.25) is 9.69 Å². The molecule has 1 N–H and O–H groups in total. The molecule has 0 radical (unpaired) electrons. The van der Waals surface area contributed by atoms with Gasteiger partial charge >= 0.3 is 5.97 Å². The molecule has 4 aliphatic rings. The summed E-state index contributed by atoms with van der Waals surface area (Å²) in [5.41, 5.74) is 4.86. The van der Waals surface area contributed by atoms with Gasteiger partial charge in [-0.15, -0.1) is 0 Å². The molecule has 1 fully saturated rings. The number of fused-ring (bicyclic) bond motifs is 1. The van der Waals surface area contributed by atoms with Crippen molar-refractivity contribution in [1.29, 1.82) is 0 Å². The van der Waals surface area contributed by atoms with Crippen molar-refractivity contribution in [3.8, 4) is 0 Å². The first-order chi connectivity index (χ1) is 12.6. The van der Waals surface area contributed by atoms with Crippen LogP contribution >= 0.6 is 0 Å². The number of anilines is 1. The highest BCUT2D eigenvalue weighted by Crippen LogP contribution is 2.60. The second-order valence-corrected chi connectivity index (χ2v) is 7.82. The normalized spacial score (nSPS) is 32.2. The SMILES string of the molecule is COC(=O)C1=C2Nc3ccccc3[C@@]23CCN2CC(=O)C=C(C)[C@H](C1)[C@H]23. The van der Waals surface area contributed by atoms with Crippen LogP contribution in [0.4, 0.5) is 5.69 Å². The van der Waals surface area contributed by atoms with Gasteiger partial charge in [0, 0.05) is 29.9 Å². The number of benzene rings is 1. The molecule has 5 heteroatoms. The number of nitrogens with zero attached hydrogens (tertiary/aromatic N) is 1. The van der Waals surface area contributed by atoms with Crippen molar-refractivity contribution >= 4 is 17.4 Å². The maximum atomic E-state index is 12.6. The Kier molecular flexibility index (Phi) is 3.23. The van der Waals surface area contributed by atoms with Crippen LogP contribution in [-0.4, -0.2) is 42.9 Å². The first-order valence-corrected chi connectivity index (χ1v) is 9.20. The van der Waals surface area contributed by atoms with Crippen molar-refractivity contribution in [1.82, 2.24) is 4.90 Å². The number of methoxy groups -OCH3 is 1. The molecule has 0 amide bonds. The Morgan fingerprint density at radius 1 is 1.35 bits per heavy atom. The zero-order valence-corrected chi connectivity index (χ0v) is 15.0. The molecule has 3 aliphatic heterocycles. The van der Waals surface area contributed by atoms with Gasteiger partial charge in [-0.2, -0.15) is 0 Å². The number of rotatable bonds is 1. The number of ketones is 1. The number of hydrogen-bond acceptors (Lipinski definition) is 5. The van der Waals surface area contributed by atoms with E-state index < -0.39 is 0 Å². The molecule has 1 saturated heterocycles. The predicted octanol–water partition coefficient (Wildman–Crippen LogP) is 2.40. The lowest BCUT2D eigenvalue weighted by molar-refractivity contribution is -0.136. The third kappa shape index (κ3) is 1.84. The third-order valence-corrected chi connectivity index (χ3v) is 6.68. The lowest BCUT2D eigenvalue weighted by atomic mass is 9.62. The second-order valence-electron chi connectivity index (χ2n) is 7.82. The first-order valence-electron chi connectivity index (χ1n) is 9.20. The summed E-state index contributed by atoms with van der Waals surface area (Å²) < 4.78 is 5.13. The van der Waals surface area contributed by atoms with E-state index in [1.807, 2.05) is 13.0 Å². The van der Waals surface area contributed by atoms with Crippen molar-refractivity contribution in [2.45, 2.75) is 31.2 Å². The Balaban J connectivity index is 1.80. The molecule has 3 atom stereocenters. The van der Waals surface area contributed by atoms with Crippen LogP contribution in [0.15, 0.2) is 47.2 Å². The molecule has 0 aromatic heterocycles. The number of ether oxygens (including phenoxy) is 1. The maximum Gasteiger partial charge on any atom is 0.335 e. The van der Waals surface area contributed by atoms with Crippen LogP contribution in [0.5, 0.6) is 0 Å². The minimum absolute atomic E-state index is 0.148. The molecular weight excluding hydrogens is 328 g/mol. The Morgan fingerprint density at radius 2 is 2.15 bits per heavy atom. The largest absolute Gasteiger partial charge is 0.466 e. The quantitative estimate of drug-likeness (QED) is 0.788. The van der Waals surface area contributed by atoms with Gasteiger partial charge in [0.1, 0.15) is 0 Å². The molecule has 0 unspecified atom stereocenters. The lowest BCUT2D eigenvalue weighted by Gasteiger charge is -2.45. The number of hydrogen-bond donors (Lipinski definition) is 1. The highest BCUT2D eigenvalue weighted by molar-refractivity contribution is 5.95. The molecule has 0 saturated carbocycles. The van der Waals surface area contributed by atoms with Crippen molar-refractivity contribution in [3.05, 3.63) is 52.7 Å². The molecule has 5 nitrogen and oxygen atoms in total. The average Bonchev–Trinajstić information content (AvgIpc) is 3.14. The summed E-state index contributed by atoms with van der Waals surface area (Å²) >= 11 is 0. The monoisotopic (exact) mass is 350 g/mol. The minimum Gasteiger partial charge on any atom is -0.466 e. The number of carbonyl (C=O) groups is 2. The molecule has 1 aromatic carbocycles. The van der Waals surface area contributed by atoms with Crippen molar-refractivity contribution in [2.24, 2.45) is 5.92 Å². The average molecular weight is 350 g/mol. The molecule has 0 bridgehead atoms. The van der Waals surface area contributed by atoms with E-state index in [0.29, 0.717) is 13.0 Å². The zero-order valence-electron chi connectivity index (χ0n) is 15.0. The van der Waals surface area contributed by atoms with E-state index >= 15 is 0 Å². The van der Waals surface area contributed by atoms with Gasteiger partial charge < -0.3 is 10.1 Å². The Labute approximate surface area is 152 Å². The predicted molar refractivity (Wildman–Crippen MR) is 97.6 cm³/mol. The summed E-state index contributed by atoms with van der Waals surface area (Å²) in [6.07, 6.45) is 3.31. The van der Waals surface area contributed by atoms with Crippen LogP contribution in [0, 0.1) is 5.92 Å². The van der Waals surface area contributed by atoms with E-state index in [2.05, 4.69) is 28.4 Å². The molecule has 3 heterocycles. The Bertz CT molecular complexity index is 900. The van der Waals surface area contributed by atoms with E-state index in [-0.39, 0.29) is 29.1 Å². The van der Waals surface area contributed by atoms with Crippen LogP contribution in [0.3, 0.4) is 0 Å². The van der Waals surface area contributed by atoms with Crippen LogP contribution < -0.4 is 5.32 Å². The van der Waals surface area contributed by atoms with Gasteiger partial charge in [-0.05, 0) is 37.5 Å². The van der Waals surface area contributed by atoms with Gasteiger partial charge in [0.05, 0.1) is 24.6 Å². The smallest absolute Gasteiger partial charge is 0.335 e. The fourth-order valence-corrected chi connectivity index (χ4v) is 5.73. The van der Waals surface area contributed by atoms with Gasteiger partial charge in [0.15, 0.2) is 5.78 Å². The summed E-state index contributed by atoms with van der Waals surface area (Å²) in [4.78, 5) is 27.4. The van der Waals surface area contributed by atoms with Crippen LogP contribution in [0.1, 0.15) is 25.3 Å². The van der Waals surface area contributed by atoms with Crippen molar-refractivity contribution < 1.29 is 14.3 Å². The summed E-state index contributed by atoms with van der Waals surface area (Å²) in [7, 11) is 1.44.